The molecule has 0 radical (unpaired) electrons. The highest BCUT2D eigenvalue weighted by molar-refractivity contribution is 6.85. The van der Waals surface area contributed by atoms with Crippen molar-refractivity contribution in [2.45, 2.75) is 168 Å². The van der Waals surface area contributed by atoms with Crippen molar-refractivity contribution >= 4 is 16.1 Å². The Kier molecular flexibility index (Phi) is 18.5. The van der Waals surface area contributed by atoms with Crippen LogP contribution in [0.15, 0.2) is 0 Å². The molecule has 0 aromatic rings. The van der Waals surface area contributed by atoms with E-state index in [1.54, 1.807) is 0 Å². The van der Waals surface area contributed by atoms with Gasteiger partial charge in [-0.15, -0.1) is 35.3 Å². The van der Waals surface area contributed by atoms with Crippen molar-refractivity contribution in [3.8, 4) is 35.3 Å². The van der Waals surface area contributed by atoms with Gasteiger partial charge in [0.1, 0.15) is 16.1 Å². The first-order valence-electron chi connectivity index (χ1n) is 16.1. The summed E-state index contributed by atoms with van der Waals surface area (Å²) in [5.41, 5.74) is 7.09. The molecular weight excluding hydrogens is 477 g/mol. The van der Waals surface area contributed by atoms with Crippen molar-refractivity contribution in [2.75, 3.05) is 0 Å². The Morgan fingerprint density at radius 3 is 1.08 bits per heavy atom. The molecule has 2 heteroatoms. The smallest absolute Gasteiger partial charge is 0.132 e. The van der Waals surface area contributed by atoms with Gasteiger partial charge in [-0.1, -0.05) is 97.8 Å². The molecule has 0 spiro atoms. The number of terminal acetylenes is 1. The molecule has 37 heavy (non-hydrogen) atoms. The average molecular weight is 539 g/mol. The zero-order chi connectivity index (χ0) is 27.4. The number of hydrogen-bond acceptors (Lipinski definition) is 0. The molecule has 3 rings (SSSR count). The normalized spacial score (nSPS) is 19.4. The summed E-state index contributed by atoms with van der Waals surface area (Å²) in [5.74, 6) is 12.4. The average Bonchev–Trinajstić information content (AvgIpc) is 2.91. The molecule has 0 heterocycles. The van der Waals surface area contributed by atoms with Gasteiger partial charge in [0.15, 0.2) is 0 Å². The standard InChI is InChI=1S/2C13H24Si.C9H14/c2*1-4-14(2,3)12-8-11-13-9-6-5-7-10-13;1-2-6-9-7-4-3-5-8-9/h2*13H,4-7,9-11H2,1-3H3;1,9H,3-8H2. The molecule has 210 valence electrons. The molecule has 0 atom stereocenters. The fourth-order valence-electron chi connectivity index (χ4n) is 5.39. The highest BCUT2D eigenvalue weighted by Crippen LogP contribution is 2.27. The van der Waals surface area contributed by atoms with Crippen LogP contribution in [-0.4, -0.2) is 16.1 Å². The fourth-order valence-corrected chi connectivity index (χ4v) is 6.90. The zero-order valence-electron chi connectivity index (χ0n) is 26.0. The summed E-state index contributed by atoms with van der Waals surface area (Å²) in [6, 6.07) is 2.59. The largest absolute Gasteiger partial charge is 0.132 e. The molecule has 0 N–H and O–H groups in total. The van der Waals surface area contributed by atoms with Crippen LogP contribution < -0.4 is 0 Å². The Hall–Kier alpha value is -0.886. The first-order valence-corrected chi connectivity index (χ1v) is 22.6. The lowest BCUT2D eigenvalue weighted by molar-refractivity contribution is 0.365. The fraction of sp³-hybridized carbons (Fsp3) is 0.829. The Morgan fingerprint density at radius 1 is 0.514 bits per heavy atom. The van der Waals surface area contributed by atoms with E-state index in [1.165, 1.54) is 121 Å². The summed E-state index contributed by atoms with van der Waals surface area (Å²) < 4.78 is 0. The monoisotopic (exact) mass is 538 g/mol. The van der Waals surface area contributed by atoms with Crippen molar-refractivity contribution in [3.05, 3.63) is 0 Å². The van der Waals surface area contributed by atoms with Crippen molar-refractivity contribution in [3.63, 3.8) is 0 Å². The molecule has 0 bridgehead atoms. The number of rotatable bonds is 5. The zero-order valence-corrected chi connectivity index (χ0v) is 28.0. The first kappa shape index (κ1) is 34.1. The van der Waals surface area contributed by atoms with Crippen molar-refractivity contribution in [2.24, 2.45) is 17.8 Å². The summed E-state index contributed by atoms with van der Waals surface area (Å²) >= 11 is 0. The Labute approximate surface area is 236 Å². The van der Waals surface area contributed by atoms with Crippen molar-refractivity contribution in [1.82, 2.24) is 0 Å². The predicted molar refractivity (Wildman–Crippen MR) is 174 cm³/mol. The lowest BCUT2D eigenvalue weighted by Crippen LogP contribution is -2.21. The first-order chi connectivity index (χ1) is 17.7. The number of hydrogen-bond donors (Lipinski definition) is 0. The lowest BCUT2D eigenvalue weighted by Gasteiger charge is -2.19. The van der Waals surface area contributed by atoms with Gasteiger partial charge >= 0.3 is 0 Å². The third-order valence-electron chi connectivity index (χ3n) is 8.98. The topological polar surface area (TPSA) is 0 Å². The van der Waals surface area contributed by atoms with E-state index in [2.05, 4.69) is 68.9 Å². The van der Waals surface area contributed by atoms with Gasteiger partial charge in [0.05, 0.1) is 0 Å². The van der Waals surface area contributed by atoms with Gasteiger partial charge in [-0.2, -0.15) is 0 Å². The second kappa shape index (κ2) is 20.1. The van der Waals surface area contributed by atoms with Crippen LogP contribution in [0.25, 0.3) is 0 Å². The Balaban J connectivity index is 0.000000285. The van der Waals surface area contributed by atoms with Crippen LogP contribution in [0.2, 0.25) is 38.3 Å². The minimum absolute atomic E-state index is 0.865. The second-order valence-electron chi connectivity index (χ2n) is 13.4. The minimum atomic E-state index is -1.12. The maximum Gasteiger partial charge on any atom is 0.132 e. The summed E-state index contributed by atoms with van der Waals surface area (Å²) in [5, 5.41) is 0. The van der Waals surface area contributed by atoms with E-state index in [0.29, 0.717) is 0 Å². The van der Waals surface area contributed by atoms with E-state index in [4.69, 9.17) is 6.42 Å². The molecule has 0 aromatic carbocycles. The Bertz CT molecular complexity index is 680. The van der Waals surface area contributed by atoms with E-state index in [9.17, 15) is 0 Å². The summed E-state index contributed by atoms with van der Waals surface area (Å²) in [6.45, 7) is 14.1. The molecular formula is C35H62Si2. The van der Waals surface area contributed by atoms with Crippen LogP contribution in [0.3, 0.4) is 0 Å². The summed E-state index contributed by atoms with van der Waals surface area (Å²) in [7, 11) is -2.25. The highest BCUT2D eigenvalue weighted by atomic mass is 28.3. The SMILES string of the molecule is C#CCC1CCCCC1.CC[Si](C)(C)C#CCC1CCCCC1.CC[Si](C)(C)C#CCC1CCCCC1. The molecule has 0 saturated heterocycles. The lowest BCUT2D eigenvalue weighted by atomic mass is 9.87. The van der Waals surface area contributed by atoms with Gasteiger partial charge in [0.25, 0.3) is 0 Å². The van der Waals surface area contributed by atoms with Crippen LogP contribution in [0.1, 0.15) is 129 Å². The van der Waals surface area contributed by atoms with E-state index in [-0.39, 0.29) is 0 Å². The molecule has 3 fully saturated rings. The highest BCUT2D eigenvalue weighted by Gasteiger charge is 2.16. The van der Waals surface area contributed by atoms with Crippen LogP contribution in [0.4, 0.5) is 0 Å². The molecule has 0 unspecified atom stereocenters. The van der Waals surface area contributed by atoms with E-state index in [1.807, 2.05) is 0 Å². The van der Waals surface area contributed by atoms with Crippen LogP contribution >= 0.6 is 0 Å². The third kappa shape index (κ3) is 18.1. The maximum atomic E-state index is 5.21. The van der Waals surface area contributed by atoms with Crippen LogP contribution in [0.5, 0.6) is 0 Å². The molecule has 0 nitrogen and oxygen atoms in total. The summed E-state index contributed by atoms with van der Waals surface area (Å²) in [6.07, 6.45) is 30.0. The van der Waals surface area contributed by atoms with Gasteiger partial charge in [0, 0.05) is 19.3 Å². The molecule has 0 aromatic heterocycles. The molecule has 3 aliphatic rings. The van der Waals surface area contributed by atoms with E-state index in [0.717, 1.165) is 24.2 Å². The van der Waals surface area contributed by atoms with Crippen LogP contribution in [-0.2, 0) is 0 Å². The van der Waals surface area contributed by atoms with Gasteiger partial charge in [-0.25, -0.2) is 0 Å². The second-order valence-corrected chi connectivity index (χ2v) is 22.9. The van der Waals surface area contributed by atoms with Gasteiger partial charge in [-0.05, 0) is 68.4 Å². The van der Waals surface area contributed by atoms with Gasteiger partial charge in [-0.3, -0.25) is 0 Å². The van der Waals surface area contributed by atoms with Gasteiger partial charge < -0.3 is 0 Å². The van der Waals surface area contributed by atoms with Crippen molar-refractivity contribution < 1.29 is 0 Å². The maximum absolute atomic E-state index is 5.21. The summed E-state index contributed by atoms with van der Waals surface area (Å²) in [4.78, 5) is 0. The molecule has 3 saturated carbocycles. The third-order valence-corrected chi connectivity index (χ3v) is 14.2. The van der Waals surface area contributed by atoms with E-state index >= 15 is 0 Å². The van der Waals surface area contributed by atoms with Crippen molar-refractivity contribution in [1.29, 1.82) is 0 Å². The van der Waals surface area contributed by atoms with Crippen LogP contribution in [0, 0.1) is 53.0 Å². The molecule has 0 aliphatic heterocycles. The molecule has 0 amide bonds. The predicted octanol–water partition coefficient (Wildman–Crippen LogP) is 11.0. The van der Waals surface area contributed by atoms with E-state index < -0.39 is 16.1 Å². The minimum Gasteiger partial charge on any atom is -0.132 e. The quantitative estimate of drug-likeness (QED) is 0.241. The Morgan fingerprint density at radius 2 is 0.811 bits per heavy atom. The molecule has 3 aliphatic carbocycles. The van der Waals surface area contributed by atoms with Gasteiger partial charge in [0.2, 0.25) is 0 Å².